The van der Waals surface area contributed by atoms with E-state index in [0.717, 1.165) is 22.0 Å². The van der Waals surface area contributed by atoms with Crippen LogP contribution in [0.3, 0.4) is 0 Å². The number of ether oxygens (including phenoxy) is 1. The van der Waals surface area contributed by atoms with Gasteiger partial charge in [-0.05, 0) is 56.2 Å². The molecule has 6 heteroatoms. The number of nitrogens with two attached hydrogens (primary N) is 1. The van der Waals surface area contributed by atoms with Gasteiger partial charge in [0.05, 0.1) is 17.5 Å². The highest BCUT2D eigenvalue weighted by molar-refractivity contribution is 5.95. The number of carbonyl (C=O) groups is 1. The lowest BCUT2D eigenvalue weighted by molar-refractivity contribution is 0.0943. The normalized spacial score (nSPS) is 10.9. The number of nitrogen functional groups attached to an aromatic ring is 1. The van der Waals surface area contributed by atoms with Crippen LogP contribution in [-0.4, -0.2) is 28.5 Å². The number of fused-ring (bicyclic) bond motifs is 1. The summed E-state index contributed by atoms with van der Waals surface area (Å²) >= 11 is 0. The predicted molar refractivity (Wildman–Crippen MR) is 103 cm³/mol. The van der Waals surface area contributed by atoms with E-state index in [1.807, 2.05) is 63.2 Å². The van der Waals surface area contributed by atoms with Gasteiger partial charge in [0, 0.05) is 11.6 Å². The summed E-state index contributed by atoms with van der Waals surface area (Å²) in [7, 11) is 0. The van der Waals surface area contributed by atoms with E-state index in [9.17, 15) is 4.79 Å². The van der Waals surface area contributed by atoms with Gasteiger partial charge >= 0.3 is 0 Å². The summed E-state index contributed by atoms with van der Waals surface area (Å²) in [5.74, 6) is 0.589. The summed E-state index contributed by atoms with van der Waals surface area (Å²) in [6.07, 6.45) is 0. The Bertz CT molecular complexity index is 936. The molecule has 1 heterocycles. The number of nitrogens with zero attached hydrogens (tertiary/aromatic N) is 2. The van der Waals surface area contributed by atoms with Crippen molar-refractivity contribution >= 4 is 22.8 Å². The number of nitrogens with one attached hydrogen (secondary N) is 1. The van der Waals surface area contributed by atoms with Crippen LogP contribution in [0.2, 0.25) is 0 Å². The Balaban J connectivity index is 1.96. The largest absolute Gasteiger partial charge is 0.477 e. The van der Waals surface area contributed by atoms with Crippen LogP contribution in [0.25, 0.3) is 22.0 Å². The van der Waals surface area contributed by atoms with Crippen molar-refractivity contribution in [2.45, 2.75) is 26.8 Å². The first-order valence-electron chi connectivity index (χ1n) is 8.59. The highest BCUT2D eigenvalue weighted by Gasteiger charge is 2.10. The molecule has 2 aromatic carbocycles. The van der Waals surface area contributed by atoms with Gasteiger partial charge in [-0.25, -0.2) is 4.98 Å². The average molecular weight is 350 g/mol. The molecule has 1 aromatic heterocycles. The highest BCUT2D eigenvalue weighted by atomic mass is 16.5. The molecule has 0 radical (unpaired) electrons. The number of aromatic nitrogens is 2. The van der Waals surface area contributed by atoms with E-state index in [-0.39, 0.29) is 17.9 Å². The Kier molecular flexibility index (Phi) is 5.02. The van der Waals surface area contributed by atoms with Gasteiger partial charge in [0.1, 0.15) is 0 Å². The molecule has 26 heavy (non-hydrogen) atoms. The summed E-state index contributed by atoms with van der Waals surface area (Å²) < 4.78 is 5.59. The molecule has 0 saturated carbocycles. The van der Waals surface area contributed by atoms with Gasteiger partial charge in [0.25, 0.3) is 5.91 Å². The second-order valence-electron chi connectivity index (χ2n) is 6.26. The molecule has 3 aromatic rings. The topological polar surface area (TPSA) is 90.1 Å². The van der Waals surface area contributed by atoms with Crippen LogP contribution in [0.4, 0.5) is 5.95 Å². The van der Waals surface area contributed by atoms with E-state index in [1.54, 1.807) is 0 Å². The molecule has 0 atom stereocenters. The zero-order chi connectivity index (χ0) is 18.7. The summed E-state index contributed by atoms with van der Waals surface area (Å²) in [4.78, 5) is 20.5. The second kappa shape index (κ2) is 7.39. The lowest BCUT2D eigenvalue weighted by Crippen LogP contribution is -2.29. The smallest absolute Gasteiger partial charge is 0.251 e. The summed E-state index contributed by atoms with van der Waals surface area (Å²) in [6.45, 7) is 6.27. The molecular formula is C20H22N4O2. The van der Waals surface area contributed by atoms with Crippen LogP contribution in [0.15, 0.2) is 42.5 Å². The number of carbonyl (C=O) groups excluding carboxylic acids is 1. The molecule has 3 N–H and O–H groups in total. The zero-order valence-electron chi connectivity index (χ0n) is 15.1. The van der Waals surface area contributed by atoms with E-state index in [2.05, 4.69) is 15.3 Å². The van der Waals surface area contributed by atoms with E-state index >= 15 is 0 Å². The van der Waals surface area contributed by atoms with E-state index < -0.39 is 0 Å². The minimum absolute atomic E-state index is 0.0763. The maximum absolute atomic E-state index is 12.1. The molecule has 6 nitrogen and oxygen atoms in total. The predicted octanol–water partition coefficient (Wildman–Crippen LogP) is 3.42. The van der Waals surface area contributed by atoms with Crippen LogP contribution in [-0.2, 0) is 0 Å². The number of amides is 1. The third-order valence-electron chi connectivity index (χ3n) is 3.86. The minimum Gasteiger partial charge on any atom is -0.477 e. The maximum atomic E-state index is 12.1. The van der Waals surface area contributed by atoms with Gasteiger partial charge in [0.2, 0.25) is 11.8 Å². The van der Waals surface area contributed by atoms with Crippen LogP contribution < -0.4 is 15.8 Å². The van der Waals surface area contributed by atoms with E-state index in [0.29, 0.717) is 18.1 Å². The maximum Gasteiger partial charge on any atom is 0.251 e. The van der Waals surface area contributed by atoms with E-state index in [4.69, 9.17) is 10.5 Å². The standard InChI is InChI=1S/C20H22N4O2/c1-4-26-19-16-11-15(9-10-17(16)23-20(21)24-19)13-5-7-14(8-6-13)18(25)22-12(2)3/h5-12H,4H2,1-3H3,(H,22,25)(H2,21,23,24). The van der Waals surface area contributed by atoms with Crippen molar-refractivity contribution in [2.75, 3.05) is 12.3 Å². The van der Waals surface area contributed by atoms with Crippen molar-refractivity contribution in [3.63, 3.8) is 0 Å². The first kappa shape index (κ1) is 17.7. The number of benzene rings is 2. The van der Waals surface area contributed by atoms with Crippen LogP contribution in [0, 0.1) is 0 Å². The minimum atomic E-state index is -0.0763. The molecule has 0 spiro atoms. The van der Waals surface area contributed by atoms with Crippen molar-refractivity contribution in [1.29, 1.82) is 0 Å². The Morgan fingerprint density at radius 3 is 2.46 bits per heavy atom. The summed E-state index contributed by atoms with van der Waals surface area (Å²) in [5, 5.41) is 3.69. The number of anilines is 1. The van der Waals surface area contributed by atoms with Gasteiger partial charge < -0.3 is 15.8 Å². The van der Waals surface area contributed by atoms with Crippen molar-refractivity contribution in [1.82, 2.24) is 15.3 Å². The lowest BCUT2D eigenvalue weighted by Gasteiger charge is -2.10. The van der Waals surface area contributed by atoms with Crippen LogP contribution >= 0.6 is 0 Å². The summed E-state index contributed by atoms with van der Waals surface area (Å²) in [5.41, 5.74) is 9.09. The van der Waals surface area contributed by atoms with Gasteiger partial charge in [-0.1, -0.05) is 18.2 Å². The Morgan fingerprint density at radius 2 is 1.81 bits per heavy atom. The SMILES string of the molecule is CCOc1nc(N)nc2ccc(-c3ccc(C(=O)NC(C)C)cc3)cc12. The zero-order valence-corrected chi connectivity index (χ0v) is 15.1. The number of rotatable bonds is 5. The van der Waals surface area contributed by atoms with Gasteiger partial charge in [-0.15, -0.1) is 0 Å². The summed E-state index contributed by atoms with van der Waals surface area (Å²) in [6, 6.07) is 13.4. The Hall–Kier alpha value is -3.15. The number of hydrogen-bond donors (Lipinski definition) is 2. The molecule has 0 aliphatic heterocycles. The molecule has 1 amide bonds. The quantitative estimate of drug-likeness (QED) is 0.736. The molecule has 0 unspecified atom stereocenters. The van der Waals surface area contributed by atoms with Crippen molar-refractivity contribution in [3.05, 3.63) is 48.0 Å². The third-order valence-corrected chi connectivity index (χ3v) is 3.86. The third kappa shape index (κ3) is 3.74. The van der Waals surface area contributed by atoms with E-state index in [1.165, 1.54) is 0 Å². The molecule has 134 valence electrons. The highest BCUT2D eigenvalue weighted by Crippen LogP contribution is 2.29. The first-order chi connectivity index (χ1) is 12.5. The van der Waals surface area contributed by atoms with Crippen molar-refractivity contribution in [2.24, 2.45) is 0 Å². The van der Waals surface area contributed by atoms with Gasteiger partial charge in [0.15, 0.2) is 0 Å². The Labute approximate surface area is 152 Å². The monoisotopic (exact) mass is 350 g/mol. The van der Waals surface area contributed by atoms with Crippen molar-refractivity contribution < 1.29 is 9.53 Å². The second-order valence-corrected chi connectivity index (χ2v) is 6.26. The molecular weight excluding hydrogens is 328 g/mol. The fourth-order valence-corrected chi connectivity index (χ4v) is 2.70. The molecule has 0 saturated heterocycles. The first-order valence-corrected chi connectivity index (χ1v) is 8.59. The van der Waals surface area contributed by atoms with Gasteiger partial charge in [-0.3, -0.25) is 4.79 Å². The number of hydrogen-bond acceptors (Lipinski definition) is 5. The fraction of sp³-hybridized carbons (Fsp3) is 0.250. The lowest BCUT2D eigenvalue weighted by atomic mass is 10.0. The molecule has 0 bridgehead atoms. The molecule has 0 aliphatic carbocycles. The molecule has 0 fully saturated rings. The fourth-order valence-electron chi connectivity index (χ4n) is 2.70. The van der Waals surface area contributed by atoms with Crippen molar-refractivity contribution in [3.8, 4) is 17.0 Å². The average Bonchev–Trinajstić information content (AvgIpc) is 2.61. The molecule has 3 rings (SSSR count). The molecule has 0 aliphatic rings. The Morgan fingerprint density at radius 1 is 1.12 bits per heavy atom. The van der Waals surface area contributed by atoms with Gasteiger partial charge in [-0.2, -0.15) is 4.98 Å². The van der Waals surface area contributed by atoms with Crippen LogP contribution in [0.1, 0.15) is 31.1 Å². The van der Waals surface area contributed by atoms with Crippen LogP contribution in [0.5, 0.6) is 5.88 Å².